The molecule has 10 rings (SSSR count). The number of nitrogens with zero attached hydrogens (tertiary/aromatic N) is 1. The van der Waals surface area contributed by atoms with Crippen LogP contribution in [-0.2, 0) is 78.6 Å². The predicted molar refractivity (Wildman–Crippen MR) is 313 cm³/mol. The first kappa shape index (κ1) is 60.0. The molecule has 86 heavy (non-hydrogen) atoms. The first-order valence-corrected chi connectivity index (χ1v) is 28.0. The molecule has 0 spiro atoms. The number of ether oxygens (including phenoxy) is 11. The molecule has 0 N–H and O–H groups in total. The van der Waals surface area contributed by atoms with E-state index in [9.17, 15) is 19.2 Å². The molecule has 8 aromatic rings. The molecule has 9 atom stereocenters. The monoisotopic (exact) mass is 1160 g/mol. The SMILES string of the molecule is COc1ccc(CO[C@@H]2O[C@H](COCc3ccccc3)[C@@H](O[C@H]3O[C@H](COC(=O)c4ccccc4)[C@@H](OC(=O)c4ccccc4)[C@H](OC(=O)c4ccccc4)C3=NOC(=O)c3ccccc3)[C@H](OCc3ccccc3)[C@H]2OCc2ccccc2)cc1. The number of hydrogen-bond acceptors (Lipinski definition) is 17. The topological polar surface area (TPSA) is 191 Å². The van der Waals surface area contributed by atoms with Crippen molar-refractivity contribution in [2.75, 3.05) is 20.3 Å². The number of carbonyl (C=O) groups is 4. The second-order valence-electron chi connectivity index (χ2n) is 20.0. The molecule has 0 unspecified atom stereocenters. The average molecular weight is 1160 g/mol. The Morgan fingerprint density at radius 3 is 1.36 bits per heavy atom. The van der Waals surface area contributed by atoms with Gasteiger partial charge in [0.15, 0.2) is 24.2 Å². The van der Waals surface area contributed by atoms with Gasteiger partial charge in [0.2, 0.25) is 6.29 Å². The Morgan fingerprint density at radius 2 is 0.837 bits per heavy atom. The summed E-state index contributed by atoms with van der Waals surface area (Å²) in [4.78, 5) is 62.7. The van der Waals surface area contributed by atoms with Crippen LogP contribution in [-0.4, -0.2) is 105 Å². The molecule has 0 amide bonds. The lowest BCUT2D eigenvalue weighted by molar-refractivity contribution is -0.345. The standard InChI is InChI=1S/C69H63NO16/c1-75-55-39-37-50(38-40-55)44-80-69-63(78-43-49-27-13-4-14-28-49)62(77-42-48-25-11-3-12-26-48)60(56(82-69)45-76-41-47-23-9-2-10-24-47)85-68-58(70-86-67(74)54-35-21-8-22-36-54)61(84-66(73)53-33-19-7-20-34-53)59(83-65(72)52-31-17-6-18-32-52)57(81-68)46-79-64(71)51-29-15-5-16-30-51/h2-40,56-57,59-63,68-69H,41-46H2,1H3/t56-,57-,59-,60-,61-,62+,63-,68-,69-/m1/s1. The number of methoxy groups -OCH3 is 1. The van der Waals surface area contributed by atoms with Gasteiger partial charge in [-0.3, -0.25) is 0 Å². The molecule has 2 fully saturated rings. The lowest BCUT2D eigenvalue weighted by Crippen LogP contribution is -2.65. The lowest BCUT2D eigenvalue weighted by atomic mass is 9.96. The minimum atomic E-state index is -1.83. The fraction of sp³-hybridized carbons (Fsp3) is 0.232. The first-order chi connectivity index (χ1) is 42.3. The van der Waals surface area contributed by atoms with Gasteiger partial charge in [0, 0.05) is 0 Å². The van der Waals surface area contributed by atoms with Crippen molar-refractivity contribution in [1.82, 2.24) is 0 Å². The maximum absolute atomic E-state index is 14.6. The Kier molecular flexibility index (Phi) is 21.3. The van der Waals surface area contributed by atoms with E-state index in [1.165, 1.54) is 36.4 Å². The van der Waals surface area contributed by atoms with E-state index < -0.39 is 85.8 Å². The summed E-state index contributed by atoms with van der Waals surface area (Å²) >= 11 is 0. The molecule has 2 aliphatic rings. The van der Waals surface area contributed by atoms with Crippen molar-refractivity contribution in [3.05, 3.63) is 281 Å². The van der Waals surface area contributed by atoms with Crippen molar-refractivity contribution >= 4 is 29.6 Å². The van der Waals surface area contributed by atoms with Gasteiger partial charge in [0.1, 0.15) is 42.9 Å². The van der Waals surface area contributed by atoms with Crippen LogP contribution in [0, 0.1) is 0 Å². The zero-order valence-corrected chi connectivity index (χ0v) is 46.9. The third kappa shape index (κ3) is 16.4. The van der Waals surface area contributed by atoms with Gasteiger partial charge in [-0.15, -0.1) is 0 Å². The normalized spacial score (nSPS) is 21.4. The molecular weight excluding hydrogens is 1100 g/mol. The van der Waals surface area contributed by atoms with E-state index in [4.69, 9.17) is 56.9 Å². The van der Waals surface area contributed by atoms with Crippen LogP contribution in [0.15, 0.2) is 242 Å². The molecule has 0 aromatic heterocycles. The van der Waals surface area contributed by atoms with Crippen molar-refractivity contribution in [3.8, 4) is 5.75 Å². The number of rotatable bonds is 25. The first-order valence-electron chi connectivity index (χ1n) is 28.0. The van der Waals surface area contributed by atoms with Crippen LogP contribution in [0.1, 0.15) is 63.7 Å². The van der Waals surface area contributed by atoms with E-state index >= 15 is 0 Å². The Labute approximate surface area is 497 Å². The summed E-state index contributed by atoms with van der Waals surface area (Å²) in [5, 5.41) is 4.44. The highest BCUT2D eigenvalue weighted by atomic mass is 16.8. The molecular formula is C69H63NO16. The maximum atomic E-state index is 14.6. The Balaban J connectivity index is 1.11. The van der Waals surface area contributed by atoms with Crippen LogP contribution in [0.2, 0.25) is 0 Å². The molecule has 17 nitrogen and oxygen atoms in total. The fourth-order valence-electron chi connectivity index (χ4n) is 9.58. The van der Waals surface area contributed by atoms with Gasteiger partial charge in [0.05, 0.1) is 62.4 Å². The van der Waals surface area contributed by atoms with Gasteiger partial charge in [-0.05, 0) is 82.9 Å². The summed E-state index contributed by atoms with van der Waals surface area (Å²) in [7, 11) is 1.59. The molecule has 0 radical (unpaired) electrons. The second kappa shape index (κ2) is 30.6. The number of hydrogen-bond donors (Lipinski definition) is 0. The van der Waals surface area contributed by atoms with Gasteiger partial charge in [-0.2, -0.15) is 0 Å². The van der Waals surface area contributed by atoms with Crippen LogP contribution < -0.4 is 4.74 Å². The van der Waals surface area contributed by atoms with Crippen LogP contribution >= 0.6 is 0 Å². The summed E-state index contributed by atoms with van der Waals surface area (Å²) in [5.41, 5.74) is 3.44. The molecule has 440 valence electrons. The smallest absolute Gasteiger partial charge is 0.365 e. The van der Waals surface area contributed by atoms with Crippen molar-refractivity contribution in [1.29, 1.82) is 0 Å². The Morgan fingerprint density at radius 1 is 0.407 bits per heavy atom. The number of oxime groups is 1. The highest BCUT2D eigenvalue weighted by Gasteiger charge is 2.55. The predicted octanol–water partition coefficient (Wildman–Crippen LogP) is 11.0. The molecule has 0 saturated carbocycles. The Bertz CT molecular complexity index is 3420. The van der Waals surface area contributed by atoms with E-state index in [0.29, 0.717) is 5.75 Å². The summed E-state index contributed by atoms with van der Waals surface area (Å²) in [6.45, 7) is -0.468. The minimum Gasteiger partial charge on any atom is -0.497 e. The molecule has 2 saturated heterocycles. The van der Waals surface area contributed by atoms with E-state index in [1.54, 1.807) is 92.0 Å². The lowest BCUT2D eigenvalue weighted by Gasteiger charge is -2.48. The fourth-order valence-corrected chi connectivity index (χ4v) is 9.58. The van der Waals surface area contributed by atoms with Gasteiger partial charge >= 0.3 is 23.9 Å². The summed E-state index contributed by atoms with van der Waals surface area (Å²) < 4.78 is 72.6. The summed E-state index contributed by atoms with van der Waals surface area (Å²) in [6.07, 6.45) is -12.6. The highest BCUT2D eigenvalue weighted by Crippen LogP contribution is 2.36. The minimum absolute atomic E-state index is 0.0212. The zero-order chi connectivity index (χ0) is 59.3. The largest absolute Gasteiger partial charge is 0.497 e. The van der Waals surface area contributed by atoms with E-state index in [1.807, 2.05) is 115 Å². The molecule has 2 heterocycles. The zero-order valence-electron chi connectivity index (χ0n) is 46.9. The van der Waals surface area contributed by atoms with Gasteiger partial charge in [-0.1, -0.05) is 181 Å². The molecule has 8 aromatic carbocycles. The van der Waals surface area contributed by atoms with Crippen LogP contribution in [0.5, 0.6) is 5.75 Å². The van der Waals surface area contributed by atoms with Crippen molar-refractivity contribution in [3.63, 3.8) is 0 Å². The average Bonchev–Trinajstić information content (AvgIpc) is 1.43. The quantitative estimate of drug-likeness (QED) is 0.0227. The van der Waals surface area contributed by atoms with Crippen molar-refractivity contribution in [2.24, 2.45) is 5.16 Å². The summed E-state index contributed by atoms with van der Waals surface area (Å²) in [6, 6.07) is 68.5. The number of carbonyl (C=O) groups excluding carboxylic acids is 4. The van der Waals surface area contributed by atoms with E-state index in [0.717, 1.165) is 22.3 Å². The maximum Gasteiger partial charge on any atom is 0.365 e. The van der Waals surface area contributed by atoms with Gasteiger partial charge < -0.3 is 56.9 Å². The molecule has 2 aliphatic heterocycles. The van der Waals surface area contributed by atoms with Crippen LogP contribution in [0.4, 0.5) is 0 Å². The van der Waals surface area contributed by atoms with E-state index in [-0.39, 0.29) is 61.0 Å². The van der Waals surface area contributed by atoms with Crippen LogP contribution in [0.3, 0.4) is 0 Å². The summed E-state index contributed by atoms with van der Waals surface area (Å²) in [5.74, 6) is -2.77. The van der Waals surface area contributed by atoms with Crippen molar-refractivity contribution in [2.45, 2.75) is 81.7 Å². The van der Waals surface area contributed by atoms with E-state index in [2.05, 4.69) is 5.16 Å². The number of esters is 3. The third-order valence-corrected chi connectivity index (χ3v) is 14.0. The van der Waals surface area contributed by atoms with Crippen LogP contribution in [0.25, 0.3) is 0 Å². The molecule has 0 bridgehead atoms. The highest BCUT2D eigenvalue weighted by molar-refractivity contribution is 5.99. The van der Waals surface area contributed by atoms with Gasteiger partial charge in [0.25, 0.3) is 0 Å². The number of benzene rings is 8. The van der Waals surface area contributed by atoms with Crippen molar-refractivity contribution < 1.29 is 76.1 Å². The second-order valence-corrected chi connectivity index (χ2v) is 20.0. The third-order valence-electron chi connectivity index (χ3n) is 14.0. The molecule has 0 aliphatic carbocycles. The Hall–Kier alpha value is -9.17. The molecule has 17 heteroatoms. The van der Waals surface area contributed by atoms with Gasteiger partial charge in [-0.25, -0.2) is 19.2 Å².